The summed E-state index contributed by atoms with van der Waals surface area (Å²) in [5.74, 6) is 1.60. The largest absolute Gasteiger partial charge is 0.356 e. The summed E-state index contributed by atoms with van der Waals surface area (Å²) >= 11 is 0. The molecule has 0 aliphatic carbocycles. The second-order valence-electron chi connectivity index (χ2n) is 6.36. The van der Waals surface area contributed by atoms with Gasteiger partial charge in [0.15, 0.2) is 5.96 Å². The molecule has 1 aromatic carbocycles. The van der Waals surface area contributed by atoms with Crippen molar-refractivity contribution in [2.75, 3.05) is 13.6 Å². The Balaban J connectivity index is 0.00000312. The van der Waals surface area contributed by atoms with Gasteiger partial charge in [0.2, 0.25) is 0 Å². The lowest BCUT2D eigenvalue weighted by molar-refractivity contribution is 0.549. The van der Waals surface area contributed by atoms with Gasteiger partial charge < -0.3 is 10.6 Å². The number of nitrogens with zero attached hydrogens (tertiary/aromatic N) is 3. The average molecular weight is 455 g/mol. The third-order valence-corrected chi connectivity index (χ3v) is 3.93. The summed E-state index contributed by atoms with van der Waals surface area (Å²) in [4.78, 5) is 4.30. The summed E-state index contributed by atoms with van der Waals surface area (Å²) in [5, 5.41) is 11.1. The number of hydrogen-bond donors (Lipinski definition) is 2. The van der Waals surface area contributed by atoms with Gasteiger partial charge in [-0.05, 0) is 36.0 Å². The molecule has 1 heterocycles. The molecule has 0 saturated heterocycles. The van der Waals surface area contributed by atoms with E-state index in [4.69, 9.17) is 0 Å². The fourth-order valence-corrected chi connectivity index (χ4v) is 2.57. The Bertz CT molecular complexity index is 623. The lowest BCUT2D eigenvalue weighted by Gasteiger charge is -2.14. The zero-order chi connectivity index (χ0) is 17.2. The summed E-state index contributed by atoms with van der Waals surface area (Å²) in [5.41, 5.74) is 2.53. The van der Waals surface area contributed by atoms with Crippen molar-refractivity contribution in [2.45, 2.75) is 39.8 Å². The van der Waals surface area contributed by atoms with Crippen LogP contribution < -0.4 is 10.6 Å². The zero-order valence-electron chi connectivity index (χ0n) is 15.4. The molecule has 2 N–H and O–H groups in total. The minimum Gasteiger partial charge on any atom is -0.356 e. The molecule has 0 fully saturated rings. The predicted molar refractivity (Wildman–Crippen MR) is 115 cm³/mol. The first-order chi connectivity index (χ1) is 11.7. The van der Waals surface area contributed by atoms with E-state index in [1.54, 1.807) is 0 Å². The smallest absolute Gasteiger partial charge is 0.191 e. The number of guanidine groups is 1. The third kappa shape index (κ3) is 7.90. The zero-order valence-corrected chi connectivity index (χ0v) is 17.7. The lowest BCUT2D eigenvalue weighted by atomic mass is 10.1. The Morgan fingerprint density at radius 2 is 1.92 bits per heavy atom. The highest BCUT2D eigenvalue weighted by Crippen LogP contribution is 2.10. The van der Waals surface area contributed by atoms with Crippen molar-refractivity contribution < 1.29 is 0 Å². The third-order valence-electron chi connectivity index (χ3n) is 3.93. The van der Waals surface area contributed by atoms with Crippen molar-refractivity contribution >= 4 is 29.9 Å². The fourth-order valence-electron chi connectivity index (χ4n) is 2.57. The van der Waals surface area contributed by atoms with Crippen LogP contribution in [0.5, 0.6) is 0 Å². The number of halogens is 1. The molecule has 0 atom stereocenters. The molecule has 25 heavy (non-hydrogen) atoms. The highest BCUT2D eigenvalue weighted by Gasteiger charge is 2.04. The maximum Gasteiger partial charge on any atom is 0.191 e. The van der Waals surface area contributed by atoms with Crippen LogP contribution in [-0.2, 0) is 13.1 Å². The second kappa shape index (κ2) is 11.9. The van der Waals surface area contributed by atoms with Crippen molar-refractivity contribution in [1.82, 2.24) is 20.4 Å². The predicted octanol–water partition coefficient (Wildman–Crippen LogP) is 3.65. The van der Waals surface area contributed by atoms with Crippen molar-refractivity contribution in [1.29, 1.82) is 0 Å². The maximum atomic E-state index is 4.30. The normalized spacial score (nSPS) is 11.3. The van der Waals surface area contributed by atoms with E-state index in [0.717, 1.165) is 37.9 Å². The van der Waals surface area contributed by atoms with Gasteiger partial charge in [0, 0.05) is 32.5 Å². The SMILES string of the molecule is CN=C(NCCCC(C)C)NCc1ccccc1Cn1cccn1.I. The van der Waals surface area contributed by atoms with Crippen LogP contribution in [0, 0.1) is 5.92 Å². The van der Waals surface area contributed by atoms with Gasteiger partial charge in [-0.3, -0.25) is 9.67 Å². The molecule has 0 bridgehead atoms. The Labute approximate surface area is 168 Å². The second-order valence-corrected chi connectivity index (χ2v) is 6.36. The lowest BCUT2D eigenvalue weighted by Crippen LogP contribution is -2.37. The van der Waals surface area contributed by atoms with Crippen LogP contribution in [0.4, 0.5) is 0 Å². The molecule has 0 amide bonds. The van der Waals surface area contributed by atoms with E-state index < -0.39 is 0 Å². The van der Waals surface area contributed by atoms with E-state index in [0.29, 0.717) is 0 Å². The summed E-state index contributed by atoms with van der Waals surface area (Å²) in [7, 11) is 1.81. The van der Waals surface area contributed by atoms with Gasteiger partial charge in [0.1, 0.15) is 0 Å². The molecule has 0 spiro atoms. The molecular formula is C19H30IN5. The molecular weight excluding hydrogens is 425 g/mol. The Hall–Kier alpha value is -1.57. The molecule has 6 heteroatoms. The molecule has 138 valence electrons. The molecule has 1 aromatic heterocycles. The first-order valence-electron chi connectivity index (χ1n) is 8.67. The van der Waals surface area contributed by atoms with E-state index >= 15 is 0 Å². The summed E-state index contributed by atoms with van der Waals surface area (Å²) in [6.45, 7) is 6.99. The minimum atomic E-state index is 0. The molecule has 0 unspecified atom stereocenters. The van der Waals surface area contributed by atoms with Crippen molar-refractivity contribution in [2.24, 2.45) is 10.9 Å². The number of aliphatic imine (C=N–C) groups is 1. The Morgan fingerprint density at radius 1 is 1.16 bits per heavy atom. The topological polar surface area (TPSA) is 54.2 Å². The minimum absolute atomic E-state index is 0. The van der Waals surface area contributed by atoms with Crippen LogP contribution in [0.25, 0.3) is 0 Å². The van der Waals surface area contributed by atoms with E-state index in [1.165, 1.54) is 17.5 Å². The Kier molecular flexibility index (Phi) is 10.2. The van der Waals surface area contributed by atoms with Gasteiger partial charge >= 0.3 is 0 Å². The van der Waals surface area contributed by atoms with E-state index in [1.807, 2.05) is 30.2 Å². The van der Waals surface area contributed by atoms with Crippen LogP contribution in [-0.4, -0.2) is 29.3 Å². The number of benzene rings is 1. The van der Waals surface area contributed by atoms with Gasteiger partial charge in [0.05, 0.1) is 6.54 Å². The van der Waals surface area contributed by atoms with Gasteiger partial charge in [-0.25, -0.2) is 0 Å². The maximum absolute atomic E-state index is 4.30. The summed E-state index contributed by atoms with van der Waals surface area (Å²) in [6.07, 6.45) is 6.19. The molecule has 0 radical (unpaired) electrons. The molecule has 5 nitrogen and oxygen atoms in total. The van der Waals surface area contributed by atoms with Crippen LogP contribution in [0.3, 0.4) is 0 Å². The van der Waals surface area contributed by atoms with Crippen molar-refractivity contribution in [3.63, 3.8) is 0 Å². The number of hydrogen-bond acceptors (Lipinski definition) is 2. The molecule has 2 aromatic rings. The first kappa shape index (κ1) is 21.5. The van der Waals surface area contributed by atoms with Gasteiger partial charge in [0.25, 0.3) is 0 Å². The highest BCUT2D eigenvalue weighted by atomic mass is 127. The standard InChI is InChI=1S/C19H29N5.HI/c1-16(2)8-6-11-21-19(20-3)22-14-17-9-4-5-10-18(17)15-24-13-7-12-23-24;/h4-5,7,9-10,12-13,16H,6,8,11,14-15H2,1-3H3,(H2,20,21,22);1H. The van der Waals surface area contributed by atoms with Gasteiger partial charge in [-0.2, -0.15) is 5.10 Å². The van der Waals surface area contributed by atoms with Crippen molar-refractivity contribution in [3.8, 4) is 0 Å². The average Bonchev–Trinajstić information content (AvgIpc) is 3.08. The number of rotatable bonds is 8. The van der Waals surface area contributed by atoms with E-state index in [2.05, 4.69) is 58.8 Å². The van der Waals surface area contributed by atoms with Gasteiger partial charge in [-0.15, -0.1) is 24.0 Å². The van der Waals surface area contributed by atoms with Crippen molar-refractivity contribution in [3.05, 3.63) is 53.9 Å². The fraction of sp³-hybridized carbons (Fsp3) is 0.474. The van der Waals surface area contributed by atoms with E-state index in [9.17, 15) is 0 Å². The molecule has 2 rings (SSSR count). The monoisotopic (exact) mass is 455 g/mol. The molecule has 0 aliphatic heterocycles. The van der Waals surface area contributed by atoms with Crippen LogP contribution >= 0.6 is 24.0 Å². The summed E-state index contributed by atoms with van der Waals surface area (Å²) < 4.78 is 1.94. The quantitative estimate of drug-likeness (QED) is 0.277. The highest BCUT2D eigenvalue weighted by molar-refractivity contribution is 14.0. The van der Waals surface area contributed by atoms with Crippen LogP contribution in [0.15, 0.2) is 47.7 Å². The van der Waals surface area contributed by atoms with E-state index in [-0.39, 0.29) is 24.0 Å². The Morgan fingerprint density at radius 3 is 2.56 bits per heavy atom. The molecule has 0 saturated carbocycles. The molecule has 0 aliphatic rings. The number of aromatic nitrogens is 2. The van der Waals surface area contributed by atoms with Crippen LogP contribution in [0.2, 0.25) is 0 Å². The first-order valence-corrected chi connectivity index (χ1v) is 8.67. The van der Waals surface area contributed by atoms with Crippen LogP contribution in [0.1, 0.15) is 37.8 Å². The summed E-state index contributed by atoms with van der Waals surface area (Å²) in [6, 6.07) is 10.4. The van der Waals surface area contributed by atoms with Gasteiger partial charge in [-0.1, -0.05) is 38.1 Å². The number of nitrogens with one attached hydrogen (secondary N) is 2.